The van der Waals surface area contributed by atoms with Gasteiger partial charge in [0.15, 0.2) is 0 Å². The monoisotopic (exact) mass is 394 g/mol. The molecule has 0 aromatic heterocycles. The first-order valence-electron chi connectivity index (χ1n) is 7.24. The Kier molecular flexibility index (Phi) is 5.62. The van der Waals surface area contributed by atoms with Crippen LogP contribution in [-0.4, -0.2) is 12.6 Å². The molecule has 7 heteroatoms. The first-order chi connectivity index (χ1) is 11.4. The number of esters is 1. The van der Waals surface area contributed by atoms with Crippen molar-refractivity contribution in [3.63, 3.8) is 0 Å². The highest BCUT2D eigenvalue weighted by Crippen LogP contribution is 2.40. The van der Waals surface area contributed by atoms with Crippen LogP contribution in [0, 0.1) is 17.1 Å². The molecule has 1 aliphatic rings. The molecule has 1 heterocycles. The highest BCUT2D eigenvalue weighted by atomic mass is 79.9. The van der Waals surface area contributed by atoms with Crippen molar-refractivity contribution in [2.75, 3.05) is 6.61 Å². The van der Waals surface area contributed by atoms with E-state index in [0.717, 1.165) is 0 Å². The Hall–Kier alpha value is -2.33. The number of benzene rings is 1. The van der Waals surface area contributed by atoms with E-state index in [4.69, 9.17) is 15.2 Å². The Morgan fingerprint density at radius 1 is 1.54 bits per heavy atom. The van der Waals surface area contributed by atoms with Gasteiger partial charge in [-0.2, -0.15) is 5.26 Å². The van der Waals surface area contributed by atoms with Gasteiger partial charge < -0.3 is 15.2 Å². The number of alkyl halides is 1. The van der Waals surface area contributed by atoms with Crippen LogP contribution in [-0.2, 0) is 19.6 Å². The summed E-state index contributed by atoms with van der Waals surface area (Å²) in [5, 5.41) is 9.76. The first kappa shape index (κ1) is 18.0. The molecule has 126 valence electrons. The Labute approximate surface area is 147 Å². The number of carbonyl (C=O) groups excluding carboxylic acids is 1. The van der Waals surface area contributed by atoms with Crippen molar-refractivity contribution in [3.8, 4) is 6.07 Å². The van der Waals surface area contributed by atoms with E-state index in [2.05, 4.69) is 15.9 Å². The van der Waals surface area contributed by atoms with Gasteiger partial charge in [-0.05, 0) is 31.0 Å². The summed E-state index contributed by atoms with van der Waals surface area (Å²) in [6, 6.07) is 6.40. The summed E-state index contributed by atoms with van der Waals surface area (Å²) >= 11 is 3.22. The fourth-order valence-electron chi connectivity index (χ4n) is 2.56. The number of carbonyl (C=O) groups is 1. The molecule has 1 atom stereocenters. The second kappa shape index (κ2) is 7.49. The molecule has 0 saturated heterocycles. The molecule has 0 radical (unpaired) electrons. The molecular formula is C17H16BrFN2O3. The minimum Gasteiger partial charge on any atom is -0.463 e. The summed E-state index contributed by atoms with van der Waals surface area (Å²) in [6.07, 6.45) is 0. The number of hydrogen-bond acceptors (Lipinski definition) is 5. The number of rotatable bonds is 4. The maximum absolute atomic E-state index is 13.8. The lowest BCUT2D eigenvalue weighted by Gasteiger charge is -2.27. The number of nitrogens with two attached hydrogens (primary N) is 1. The number of halogens is 2. The van der Waals surface area contributed by atoms with Crippen molar-refractivity contribution in [2.45, 2.75) is 25.1 Å². The van der Waals surface area contributed by atoms with Gasteiger partial charge in [-0.3, -0.25) is 0 Å². The Balaban J connectivity index is 2.64. The zero-order chi connectivity index (χ0) is 17.9. The first-order valence-corrected chi connectivity index (χ1v) is 8.36. The third kappa shape index (κ3) is 3.29. The lowest BCUT2D eigenvalue weighted by atomic mass is 9.82. The molecule has 2 rings (SSSR count). The van der Waals surface area contributed by atoms with Crippen LogP contribution in [0.2, 0.25) is 0 Å². The normalized spacial score (nSPS) is 17.4. The van der Waals surface area contributed by atoms with Crippen LogP contribution in [0.15, 0.2) is 41.0 Å². The number of ether oxygens (including phenoxy) is 2. The predicted molar refractivity (Wildman–Crippen MR) is 89.0 cm³/mol. The van der Waals surface area contributed by atoms with Crippen LogP contribution in [0.1, 0.15) is 30.9 Å². The fraction of sp³-hybridized carbons (Fsp3) is 0.294. The van der Waals surface area contributed by atoms with E-state index in [1.807, 2.05) is 6.07 Å². The molecule has 1 aliphatic heterocycles. The van der Waals surface area contributed by atoms with E-state index in [0.29, 0.717) is 16.5 Å². The quantitative estimate of drug-likeness (QED) is 0.624. The fourth-order valence-corrected chi connectivity index (χ4v) is 2.99. The molecule has 0 aliphatic carbocycles. The van der Waals surface area contributed by atoms with E-state index in [1.54, 1.807) is 19.9 Å². The molecule has 1 unspecified atom stereocenters. The van der Waals surface area contributed by atoms with Gasteiger partial charge in [-0.15, -0.1) is 0 Å². The molecule has 0 fully saturated rings. The van der Waals surface area contributed by atoms with Crippen LogP contribution in [0.4, 0.5) is 4.39 Å². The van der Waals surface area contributed by atoms with E-state index >= 15 is 0 Å². The van der Waals surface area contributed by atoms with Crippen molar-refractivity contribution >= 4 is 21.9 Å². The third-order valence-electron chi connectivity index (χ3n) is 3.65. The highest BCUT2D eigenvalue weighted by Gasteiger charge is 2.36. The van der Waals surface area contributed by atoms with Crippen LogP contribution in [0.3, 0.4) is 0 Å². The molecule has 24 heavy (non-hydrogen) atoms. The van der Waals surface area contributed by atoms with E-state index in [9.17, 15) is 14.4 Å². The van der Waals surface area contributed by atoms with E-state index in [-0.39, 0.29) is 35.2 Å². The zero-order valence-electron chi connectivity index (χ0n) is 13.2. The van der Waals surface area contributed by atoms with E-state index < -0.39 is 11.9 Å². The minimum atomic E-state index is -0.763. The molecule has 5 nitrogen and oxygen atoms in total. The Bertz CT molecular complexity index is 781. The van der Waals surface area contributed by atoms with Gasteiger partial charge >= 0.3 is 5.97 Å². The summed E-state index contributed by atoms with van der Waals surface area (Å²) in [4.78, 5) is 12.4. The van der Waals surface area contributed by atoms with Crippen LogP contribution < -0.4 is 5.73 Å². The van der Waals surface area contributed by atoms with Gasteiger partial charge in [0.2, 0.25) is 5.88 Å². The standard InChI is InChI=1S/C17H16BrFN2O3/c1-3-23-17(22)14-9(2)24-16(21)12(8-20)15(14)10-4-5-13(19)11(6-10)7-18/h4-6,15H,3,7,21H2,1-2H3. The topological polar surface area (TPSA) is 85.3 Å². The van der Waals surface area contributed by atoms with Crippen LogP contribution in [0.5, 0.6) is 0 Å². The third-order valence-corrected chi connectivity index (χ3v) is 4.25. The van der Waals surface area contributed by atoms with Gasteiger partial charge in [0.05, 0.1) is 18.1 Å². The van der Waals surface area contributed by atoms with Crippen molar-refractivity contribution in [1.29, 1.82) is 5.26 Å². The van der Waals surface area contributed by atoms with Crippen molar-refractivity contribution in [3.05, 3.63) is 57.9 Å². The second-order valence-corrected chi connectivity index (χ2v) is 5.66. The van der Waals surface area contributed by atoms with Gasteiger partial charge in [-0.25, -0.2) is 9.18 Å². The molecular weight excluding hydrogens is 379 g/mol. The van der Waals surface area contributed by atoms with Crippen LogP contribution >= 0.6 is 15.9 Å². The van der Waals surface area contributed by atoms with Crippen molar-refractivity contribution in [2.24, 2.45) is 5.73 Å². The summed E-state index contributed by atoms with van der Waals surface area (Å²) in [5.41, 5.74) is 7.07. The minimum absolute atomic E-state index is 0.0715. The second-order valence-electron chi connectivity index (χ2n) is 5.10. The van der Waals surface area contributed by atoms with Crippen molar-refractivity contribution in [1.82, 2.24) is 0 Å². The molecule has 2 N–H and O–H groups in total. The molecule has 0 spiro atoms. The van der Waals surface area contributed by atoms with Crippen LogP contribution in [0.25, 0.3) is 0 Å². The molecule has 1 aromatic carbocycles. The summed E-state index contributed by atoms with van der Waals surface area (Å²) in [7, 11) is 0. The molecule has 0 amide bonds. The average molecular weight is 395 g/mol. The molecule has 1 aromatic rings. The number of nitriles is 1. The predicted octanol–water partition coefficient (Wildman–Crippen LogP) is 3.37. The maximum Gasteiger partial charge on any atom is 0.338 e. The SMILES string of the molecule is CCOC(=O)C1=C(C)OC(N)=C(C#N)C1c1ccc(F)c(CBr)c1. The van der Waals surface area contributed by atoms with Gasteiger partial charge in [0.1, 0.15) is 23.2 Å². The van der Waals surface area contributed by atoms with Crippen molar-refractivity contribution < 1.29 is 18.7 Å². The largest absolute Gasteiger partial charge is 0.463 e. The highest BCUT2D eigenvalue weighted by molar-refractivity contribution is 9.08. The lowest BCUT2D eigenvalue weighted by molar-refractivity contribution is -0.139. The Morgan fingerprint density at radius 3 is 2.83 bits per heavy atom. The molecule has 0 bridgehead atoms. The van der Waals surface area contributed by atoms with Gasteiger partial charge in [0, 0.05) is 5.33 Å². The number of nitrogens with zero attached hydrogens (tertiary/aromatic N) is 1. The zero-order valence-corrected chi connectivity index (χ0v) is 14.8. The maximum atomic E-state index is 13.8. The van der Waals surface area contributed by atoms with Gasteiger partial charge in [0.25, 0.3) is 0 Å². The summed E-state index contributed by atoms with van der Waals surface area (Å²) < 4.78 is 24.2. The number of allylic oxidation sites excluding steroid dienone is 2. The molecule has 0 saturated carbocycles. The summed E-state index contributed by atoms with van der Waals surface area (Å²) in [6.45, 7) is 3.44. The van der Waals surface area contributed by atoms with E-state index in [1.165, 1.54) is 12.1 Å². The number of hydrogen-bond donors (Lipinski definition) is 1. The lowest BCUT2D eigenvalue weighted by Crippen LogP contribution is -2.25. The average Bonchev–Trinajstić information content (AvgIpc) is 2.54. The smallest absolute Gasteiger partial charge is 0.338 e. The summed E-state index contributed by atoms with van der Waals surface area (Å²) in [5.74, 6) is -1.54. The van der Waals surface area contributed by atoms with Gasteiger partial charge in [-0.1, -0.05) is 28.1 Å². The Morgan fingerprint density at radius 2 is 2.25 bits per heavy atom.